The molecular weight excluding hydrogens is 573 g/mol. The van der Waals surface area contributed by atoms with Crippen LogP contribution in [-0.4, -0.2) is 65.8 Å². The van der Waals surface area contributed by atoms with E-state index in [4.69, 9.17) is 9.47 Å². The van der Waals surface area contributed by atoms with Crippen molar-refractivity contribution >= 4 is 22.7 Å². The van der Waals surface area contributed by atoms with Crippen molar-refractivity contribution in [2.24, 2.45) is 0 Å². The Morgan fingerprint density at radius 2 is 1.73 bits per heavy atom. The average Bonchev–Trinajstić information content (AvgIpc) is 3.49. The molecule has 3 heterocycles. The fourth-order valence-corrected chi connectivity index (χ4v) is 6.20. The van der Waals surface area contributed by atoms with E-state index >= 15 is 4.39 Å². The molecule has 2 aliphatic rings. The molecule has 9 heteroatoms. The predicted molar refractivity (Wildman–Crippen MR) is 169 cm³/mol. The van der Waals surface area contributed by atoms with E-state index in [-0.39, 0.29) is 30.2 Å². The summed E-state index contributed by atoms with van der Waals surface area (Å²) in [5, 5.41) is 14.3. The van der Waals surface area contributed by atoms with Gasteiger partial charge in [0.25, 0.3) is 11.8 Å². The zero-order valence-corrected chi connectivity index (χ0v) is 24.5. The summed E-state index contributed by atoms with van der Waals surface area (Å²) in [4.78, 5) is 32.1. The van der Waals surface area contributed by atoms with E-state index < -0.39 is 17.8 Å². The van der Waals surface area contributed by atoms with Gasteiger partial charge in [-0.1, -0.05) is 42.5 Å². The van der Waals surface area contributed by atoms with Crippen LogP contribution in [0.4, 0.5) is 4.39 Å². The second kappa shape index (κ2) is 12.2. The van der Waals surface area contributed by atoms with Crippen molar-refractivity contribution < 1.29 is 28.6 Å². The maximum atomic E-state index is 15.1. The molecule has 7 rings (SSSR count). The minimum Gasteiger partial charge on any atom is -0.488 e. The number of rotatable bonds is 7. The number of aliphatic hydroxyl groups excluding tert-OH is 1. The summed E-state index contributed by atoms with van der Waals surface area (Å²) in [5.41, 5.74) is 5.73. The number of carbonyl (C=O) groups excluding carboxylic acids is 2. The summed E-state index contributed by atoms with van der Waals surface area (Å²) < 4.78 is 26.7. The standard InChI is InChI=1S/C36H32FN3O5/c37-32-7-3-1-6-28(32)29-18-34-30(26-10-9-22(15-24(26)21-45-34)36(43)40-11-13-44-14-12-40)17-31(29)35(42)39-25(20-41)16-23-19-38-33-8-4-2-5-27(23)33/h1-10,15,17-19,25,38,41H,11-14,16,20-21H2,(H,39,42)/t25-/m1/s1. The molecule has 45 heavy (non-hydrogen) atoms. The molecule has 4 aromatic carbocycles. The zero-order valence-electron chi connectivity index (χ0n) is 24.5. The highest BCUT2D eigenvalue weighted by Gasteiger charge is 2.27. The SMILES string of the molecule is O=C(N[C@@H](CO)Cc1c[nH]c2ccccc12)c1cc2c(cc1-c1ccccc1F)OCc1cc(C(=O)N3CCOCC3)ccc1-2. The van der Waals surface area contributed by atoms with Crippen LogP contribution in [0.3, 0.4) is 0 Å². The van der Waals surface area contributed by atoms with Crippen LogP contribution in [0.15, 0.2) is 85.1 Å². The molecule has 0 bridgehead atoms. The third-order valence-electron chi connectivity index (χ3n) is 8.55. The highest BCUT2D eigenvalue weighted by Crippen LogP contribution is 2.42. The van der Waals surface area contributed by atoms with E-state index in [9.17, 15) is 14.7 Å². The first kappa shape index (κ1) is 28.8. The van der Waals surface area contributed by atoms with E-state index in [0.717, 1.165) is 27.6 Å². The third kappa shape index (κ3) is 5.56. The van der Waals surface area contributed by atoms with E-state index in [2.05, 4.69) is 10.3 Å². The van der Waals surface area contributed by atoms with Crippen LogP contribution in [0, 0.1) is 5.82 Å². The summed E-state index contributed by atoms with van der Waals surface area (Å²) in [5.74, 6) is -0.457. The number of halogens is 1. The van der Waals surface area contributed by atoms with Gasteiger partial charge in [-0.15, -0.1) is 0 Å². The van der Waals surface area contributed by atoms with Gasteiger partial charge in [-0.25, -0.2) is 4.39 Å². The number of amides is 2. The number of hydrogen-bond acceptors (Lipinski definition) is 5. The zero-order chi connectivity index (χ0) is 30.9. The lowest BCUT2D eigenvalue weighted by atomic mass is 9.89. The van der Waals surface area contributed by atoms with Crippen LogP contribution in [-0.2, 0) is 17.8 Å². The van der Waals surface area contributed by atoms with Crippen LogP contribution in [0.5, 0.6) is 5.75 Å². The van der Waals surface area contributed by atoms with E-state index in [1.807, 2.05) is 42.6 Å². The maximum absolute atomic E-state index is 15.1. The lowest BCUT2D eigenvalue weighted by Crippen LogP contribution is -2.40. The second-order valence-corrected chi connectivity index (χ2v) is 11.4. The molecule has 0 radical (unpaired) electrons. The first-order valence-corrected chi connectivity index (χ1v) is 15.0. The van der Waals surface area contributed by atoms with E-state index in [0.29, 0.717) is 55.2 Å². The number of morpholine rings is 1. The summed E-state index contributed by atoms with van der Waals surface area (Å²) in [6.07, 6.45) is 2.29. The molecule has 0 saturated carbocycles. The number of hydrogen-bond donors (Lipinski definition) is 3. The number of nitrogens with zero attached hydrogens (tertiary/aromatic N) is 1. The molecular formula is C36H32FN3O5. The summed E-state index contributed by atoms with van der Waals surface area (Å²) in [6.45, 7) is 2.06. The Bertz CT molecular complexity index is 1910. The lowest BCUT2D eigenvalue weighted by molar-refractivity contribution is 0.0303. The van der Waals surface area contributed by atoms with Gasteiger partial charge in [0, 0.05) is 58.0 Å². The number of fused-ring (bicyclic) bond motifs is 4. The van der Waals surface area contributed by atoms with Gasteiger partial charge in [0.2, 0.25) is 0 Å². The van der Waals surface area contributed by atoms with Crippen molar-refractivity contribution in [2.75, 3.05) is 32.9 Å². The van der Waals surface area contributed by atoms with Gasteiger partial charge < -0.3 is 29.8 Å². The van der Waals surface area contributed by atoms with Crippen LogP contribution >= 0.6 is 0 Å². The van der Waals surface area contributed by atoms with Gasteiger partial charge in [0.1, 0.15) is 18.2 Å². The normalized spacial score (nSPS) is 14.8. The molecule has 2 aliphatic heterocycles. The molecule has 1 saturated heterocycles. The number of nitrogens with one attached hydrogen (secondary N) is 2. The number of ether oxygens (including phenoxy) is 2. The van der Waals surface area contributed by atoms with Gasteiger partial charge in [-0.2, -0.15) is 0 Å². The summed E-state index contributed by atoms with van der Waals surface area (Å²) in [6, 6.07) is 22.5. The first-order chi connectivity index (χ1) is 22.0. The first-order valence-electron chi connectivity index (χ1n) is 15.0. The van der Waals surface area contributed by atoms with Crippen LogP contribution in [0.25, 0.3) is 33.2 Å². The highest BCUT2D eigenvalue weighted by atomic mass is 19.1. The number of aliphatic hydroxyl groups is 1. The molecule has 1 atom stereocenters. The fourth-order valence-electron chi connectivity index (χ4n) is 6.20. The Labute approximate surface area is 259 Å². The summed E-state index contributed by atoms with van der Waals surface area (Å²) in [7, 11) is 0. The van der Waals surface area contributed by atoms with Gasteiger partial charge in [-0.3, -0.25) is 9.59 Å². The molecule has 228 valence electrons. The number of aromatic amines is 1. The molecule has 8 nitrogen and oxygen atoms in total. The number of benzene rings is 4. The smallest absolute Gasteiger partial charge is 0.254 e. The van der Waals surface area contributed by atoms with Crippen LogP contribution in [0.2, 0.25) is 0 Å². The minimum atomic E-state index is -0.585. The Balaban J connectivity index is 1.24. The van der Waals surface area contributed by atoms with Gasteiger partial charge in [0.15, 0.2) is 0 Å². The highest BCUT2D eigenvalue weighted by molar-refractivity contribution is 6.04. The number of para-hydroxylation sites is 1. The fraction of sp³-hybridized carbons (Fsp3) is 0.222. The average molecular weight is 606 g/mol. The van der Waals surface area contributed by atoms with Crippen molar-refractivity contribution in [1.29, 1.82) is 0 Å². The van der Waals surface area contributed by atoms with Gasteiger partial charge >= 0.3 is 0 Å². The lowest BCUT2D eigenvalue weighted by Gasteiger charge is -2.28. The van der Waals surface area contributed by atoms with Crippen LogP contribution < -0.4 is 10.1 Å². The van der Waals surface area contributed by atoms with Gasteiger partial charge in [0.05, 0.1) is 25.9 Å². The number of H-pyrrole nitrogens is 1. The monoisotopic (exact) mass is 605 g/mol. The van der Waals surface area contributed by atoms with Crippen molar-refractivity contribution in [1.82, 2.24) is 15.2 Å². The molecule has 3 N–H and O–H groups in total. The maximum Gasteiger partial charge on any atom is 0.254 e. The molecule has 0 aliphatic carbocycles. The quantitative estimate of drug-likeness (QED) is 0.233. The second-order valence-electron chi connectivity index (χ2n) is 11.4. The Kier molecular flexibility index (Phi) is 7.79. The van der Waals surface area contributed by atoms with Crippen molar-refractivity contribution in [3.05, 3.63) is 113 Å². The van der Waals surface area contributed by atoms with E-state index in [1.165, 1.54) is 6.07 Å². The number of carbonyl (C=O) groups is 2. The molecule has 0 unspecified atom stereocenters. The van der Waals surface area contributed by atoms with Crippen molar-refractivity contribution in [3.63, 3.8) is 0 Å². The molecule has 1 fully saturated rings. The molecule has 2 amide bonds. The topological polar surface area (TPSA) is 104 Å². The van der Waals surface area contributed by atoms with Crippen molar-refractivity contribution in [3.8, 4) is 28.0 Å². The van der Waals surface area contributed by atoms with E-state index in [1.54, 1.807) is 41.3 Å². The van der Waals surface area contributed by atoms with Crippen molar-refractivity contribution in [2.45, 2.75) is 19.1 Å². The molecule has 0 spiro atoms. The predicted octanol–water partition coefficient (Wildman–Crippen LogP) is 5.34. The Morgan fingerprint density at radius 3 is 2.56 bits per heavy atom. The molecule has 5 aromatic rings. The Morgan fingerprint density at radius 1 is 0.933 bits per heavy atom. The van der Waals surface area contributed by atoms with Gasteiger partial charge in [-0.05, 0) is 59.5 Å². The Hall–Kier alpha value is -4.99. The minimum absolute atomic E-state index is 0.0629. The third-order valence-corrected chi connectivity index (χ3v) is 8.55. The number of aromatic nitrogens is 1. The largest absolute Gasteiger partial charge is 0.488 e. The summed E-state index contributed by atoms with van der Waals surface area (Å²) >= 11 is 0. The molecule has 1 aromatic heterocycles. The van der Waals surface area contributed by atoms with Crippen LogP contribution in [0.1, 0.15) is 31.8 Å².